The fourth-order valence-corrected chi connectivity index (χ4v) is 3.74. The first kappa shape index (κ1) is 15.9. The number of aliphatic hydroxyl groups excluding tert-OH is 1. The molecule has 0 saturated heterocycles. The first-order valence-corrected chi connectivity index (χ1v) is 8.32. The van der Waals surface area contributed by atoms with Crippen molar-refractivity contribution in [2.75, 3.05) is 19.3 Å². The van der Waals surface area contributed by atoms with Crippen molar-refractivity contribution in [2.45, 2.75) is 23.8 Å². The minimum atomic E-state index is -3.75. The summed E-state index contributed by atoms with van der Waals surface area (Å²) < 4.78 is 25.9. The predicted molar refractivity (Wildman–Crippen MR) is 79.4 cm³/mol. The Bertz CT molecular complexity index is 594. The molecule has 1 aliphatic rings. The van der Waals surface area contributed by atoms with E-state index >= 15 is 0 Å². The summed E-state index contributed by atoms with van der Waals surface area (Å²) in [7, 11) is -2.34. The zero-order valence-corrected chi connectivity index (χ0v) is 13.2. The van der Waals surface area contributed by atoms with Crippen molar-refractivity contribution >= 4 is 38.9 Å². The van der Waals surface area contributed by atoms with Crippen molar-refractivity contribution in [3.05, 3.63) is 22.2 Å². The van der Waals surface area contributed by atoms with Gasteiger partial charge in [-0.05, 0) is 30.9 Å². The van der Waals surface area contributed by atoms with Crippen molar-refractivity contribution in [1.29, 1.82) is 0 Å². The lowest BCUT2D eigenvalue weighted by molar-refractivity contribution is 0.131. The van der Waals surface area contributed by atoms with Gasteiger partial charge < -0.3 is 10.8 Å². The lowest BCUT2D eigenvalue weighted by atomic mass is 10.2. The van der Waals surface area contributed by atoms with Crippen LogP contribution in [0.1, 0.15) is 12.8 Å². The van der Waals surface area contributed by atoms with Crippen LogP contribution in [0, 0.1) is 5.92 Å². The third-order valence-electron chi connectivity index (χ3n) is 3.37. The normalized spacial score (nSPS) is 17.4. The van der Waals surface area contributed by atoms with Crippen molar-refractivity contribution in [2.24, 2.45) is 5.92 Å². The number of hydrogen-bond acceptors (Lipinski definition) is 4. The van der Waals surface area contributed by atoms with Crippen LogP contribution in [0.15, 0.2) is 17.0 Å². The van der Waals surface area contributed by atoms with Gasteiger partial charge in [0.25, 0.3) is 0 Å². The second kappa shape index (κ2) is 5.69. The number of sulfonamides is 1. The van der Waals surface area contributed by atoms with E-state index in [2.05, 4.69) is 0 Å². The molecule has 5 nitrogen and oxygen atoms in total. The van der Waals surface area contributed by atoms with Gasteiger partial charge in [-0.1, -0.05) is 23.2 Å². The Morgan fingerprint density at radius 3 is 2.35 bits per heavy atom. The molecule has 0 heterocycles. The van der Waals surface area contributed by atoms with Crippen LogP contribution in [0.4, 0.5) is 5.69 Å². The summed E-state index contributed by atoms with van der Waals surface area (Å²) in [4.78, 5) is -0.0350. The first-order valence-electron chi connectivity index (χ1n) is 6.12. The second-order valence-corrected chi connectivity index (χ2v) is 7.85. The summed E-state index contributed by atoms with van der Waals surface area (Å²) in [6, 6.07) is 2.52. The van der Waals surface area contributed by atoms with Crippen LogP contribution < -0.4 is 5.73 Å². The summed E-state index contributed by atoms with van der Waals surface area (Å²) in [5, 5.41) is 10.0. The van der Waals surface area contributed by atoms with Crippen LogP contribution in [0.5, 0.6) is 0 Å². The van der Waals surface area contributed by atoms with Crippen LogP contribution in [0.25, 0.3) is 0 Å². The Labute approximate surface area is 128 Å². The maximum Gasteiger partial charge on any atom is 0.243 e. The number of anilines is 1. The number of nitrogen functional groups attached to an aromatic ring is 1. The number of nitrogens with two attached hydrogens (primary N) is 1. The Hall–Kier alpha value is -0.530. The molecule has 20 heavy (non-hydrogen) atoms. The van der Waals surface area contributed by atoms with Crippen LogP contribution in [0.2, 0.25) is 10.0 Å². The van der Waals surface area contributed by atoms with Crippen molar-refractivity contribution in [3.63, 3.8) is 0 Å². The number of likely N-dealkylation sites (N-methyl/N-ethyl adjacent to an activating group) is 1. The molecule has 1 unspecified atom stereocenters. The molecule has 1 fully saturated rings. The predicted octanol–water partition coefficient (Wildman–Crippen LogP) is 1.97. The van der Waals surface area contributed by atoms with Crippen LogP contribution in [0.3, 0.4) is 0 Å². The van der Waals surface area contributed by atoms with E-state index in [1.807, 2.05) is 0 Å². The molecule has 0 aliphatic heterocycles. The van der Waals surface area contributed by atoms with Crippen molar-refractivity contribution < 1.29 is 13.5 Å². The number of nitrogens with zero attached hydrogens (tertiary/aromatic N) is 1. The molecule has 112 valence electrons. The van der Waals surface area contributed by atoms with Crippen molar-refractivity contribution in [1.82, 2.24) is 4.31 Å². The standard InChI is InChI=1S/C12H16Cl2N2O3S/c1-16(6-11(17)7-2-3-7)20(18,19)8-4-9(13)12(15)10(14)5-8/h4-5,7,11,17H,2-3,6,15H2,1H3. The molecule has 1 aromatic rings. The highest BCUT2D eigenvalue weighted by atomic mass is 35.5. The summed E-state index contributed by atoms with van der Waals surface area (Å²) in [6.07, 6.45) is 1.23. The maximum atomic E-state index is 12.4. The monoisotopic (exact) mass is 338 g/mol. The maximum absolute atomic E-state index is 12.4. The molecule has 0 aromatic heterocycles. The number of halogens is 2. The van der Waals surface area contributed by atoms with Crippen molar-refractivity contribution in [3.8, 4) is 0 Å². The van der Waals surface area contributed by atoms with Gasteiger partial charge in [-0.15, -0.1) is 0 Å². The van der Waals surface area contributed by atoms with E-state index in [9.17, 15) is 13.5 Å². The Morgan fingerprint density at radius 2 is 1.90 bits per heavy atom. The first-order chi connectivity index (χ1) is 9.23. The fraction of sp³-hybridized carbons (Fsp3) is 0.500. The highest BCUT2D eigenvalue weighted by Crippen LogP contribution is 2.34. The van der Waals surface area contributed by atoms with Gasteiger partial charge >= 0.3 is 0 Å². The molecule has 8 heteroatoms. The van der Waals surface area contributed by atoms with E-state index in [0.717, 1.165) is 17.1 Å². The topological polar surface area (TPSA) is 83.6 Å². The van der Waals surface area contributed by atoms with E-state index in [1.165, 1.54) is 19.2 Å². The molecule has 1 atom stereocenters. The number of benzene rings is 1. The third kappa shape index (κ3) is 3.20. The van der Waals surface area contributed by atoms with Crippen LogP contribution >= 0.6 is 23.2 Å². The highest BCUT2D eigenvalue weighted by molar-refractivity contribution is 7.89. The quantitative estimate of drug-likeness (QED) is 0.804. The van der Waals surface area contributed by atoms with Gasteiger partial charge in [0.05, 0.1) is 26.7 Å². The van der Waals surface area contributed by atoms with Gasteiger partial charge in [0, 0.05) is 13.6 Å². The summed E-state index contributed by atoms with van der Waals surface area (Å²) in [5.41, 5.74) is 5.73. The average Bonchev–Trinajstić information content (AvgIpc) is 3.19. The van der Waals surface area contributed by atoms with Gasteiger partial charge in [0.2, 0.25) is 10.0 Å². The third-order valence-corrected chi connectivity index (χ3v) is 5.80. The Kier molecular flexibility index (Phi) is 4.51. The Balaban J connectivity index is 2.24. The molecule has 1 aliphatic carbocycles. The van der Waals surface area contributed by atoms with E-state index in [4.69, 9.17) is 28.9 Å². The average molecular weight is 339 g/mol. The van der Waals surface area contributed by atoms with E-state index < -0.39 is 16.1 Å². The van der Waals surface area contributed by atoms with Gasteiger partial charge in [-0.25, -0.2) is 8.42 Å². The lowest BCUT2D eigenvalue weighted by Gasteiger charge is -2.21. The molecule has 0 bridgehead atoms. The number of rotatable bonds is 5. The zero-order valence-electron chi connectivity index (χ0n) is 10.9. The van der Waals surface area contributed by atoms with Crippen LogP contribution in [-0.2, 0) is 10.0 Å². The number of hydrogen-bond donors (Lipinski definition) is 2. The molecule has 1 aromatic carbocycles. The van der Waals surface area contributed by atoms with Gasteiger partial charge in [0.15, 0.2) is 0 Å². The smallest absolute Gasteiger partial charge is 0.243 e. The van der Waals surface area contributed by atoms with E-state index in [0.29, 0.717) is 0 Å². The molecule has 2 rings (SSSR count). The molecule has 0 radical (unpaired) electrons. The van der Waals surface area contributed by atoms with E-state index in [-0.39, 0.29) is 33.1 Å². The SMILES string of the molecule is CN(CC(O)C1CC1)S(=O)(=O)c1cc(Cl)c(N)c(Cl)c1. The lowest BCUT2D eigenvalue weighted by Crippen LogP contribution is -2.35. The minimum absolute atomic E-state index is 0.0350. The molecule has 1 saturated carbocycles. The van der Waals surface area contributed by atoms with Gasteiger partial charge in [0.1, 0.15) is 0 Å². The Morgan fingerprint density at radius 1 is 1.40 bits per heavy atom. The summed E-state index contributed by atoms with van der Waals surface area (Å²) in [6.45, 7) is 0.0482. The van der Waals surface area contributed by atoms with E-state index in [1.54, 1.807) is 0 Å². The van der Waals surface area contributed by atoms with Crippen LogP contribution in [-0.4, -0.2) is 37.5 Å². The molecule has 0 spiro atoms. The summed E-state index contributed by atoms with van der Waals surface area (Å²) >= 11 is 11.7. The zero-order chi connectivity index (χ0) is 15.1. The highest BCUT2D eigenvalue weighted by Gasteiger charge is 2.33. The fourth-order valence-electron chi connectivity index (χ4n) is 1.88. The molecule has 0 amide bonds. The molecular formula is C12H16Cl2N2O3S. The molecular weight excluding hydrogens is 323 g/mol. The van der Waals surface area contributed by atoms with Gasteiger partial charge in [-0.3, -0.25) is 0 Å². The number of aliphatic hydroxyl groups is 1. The molecule has 3 N–H and O–H groups in total. The van der Waals surface area contributed by atoms with Gasteiger partial charge in [-0.2, -0.15) is 4.31 Å². The second-order valence-electron chi connectivity index (χ2n) is 4.99. The largest absolute Gasteiger partial charge is 0.396 e. The minimum Gasteiger partial charge on any atom is -0.396 e. The summed E-state index contributed by atoms with van der Waals surface area (Å²) in [5.74, 6) is 0.200.